The minimum atomic E-state index is 0.612. The lowest BCUT2D eigenvalue weighted by molar-refractivity contribution is 0.968. The van der Waals surface area contributed by atoms with Gasteiger partial charge in [0.05, 0.1) is 0 Å². The lowest BCUT2D eigenvalue weighted by Crippen LogP contribution is -1.96. The first-order valence-electron chi connectivity index (χ1n) is 4.06. The van der Waals surface area contributed by atoms with E-state index in [1.165, 1.54) is 16.5 Å². The van der Waals surface area contributed by atoms with Crippen LogP contribution in [0.4, 0.5) is 0 Å². The van der Waals surface area contributed by atoms with Crippen LogP contribution in [-0.4, -0.2) is 4.57 Å². The summed E-state index contributed by atoms with van der Waals surface area (Å²) in [6.45, 7) is 0.612. The van der Waals surface area contributed by atoms with E-state index in [4.69, 9.17) is 5.73 Å². The zero-order valence-electron chi connectivity index (χ0n) is 7.12. The molecule has 0 amide bonds. The van der Waals surface area contributed by atoms with E-state index in [-0.39, 0.29) is 0 Å². The van der Waals surface area contributed by atoms with Crippen molar-refractivity contribution in [3.63, 3.8) is 0 Å². The quantitative estimate of drug-likeness (QED) is 0.675. The van der Waals surface area contributed by atoms with Crippen LogP contribution in [0.5, 0.6) is 0 Å². The van der Waals surface area contributed by atoms with Crippen molar-refractivity contribution >= 4 is 10.9 Å². The van der Waals surface area contributed by atoms with Gasteiger partial charge in [-0.1, -0.05) is 12.1 Å². The number of aromatic nitrogens is 1. The van der Waals surface area contributed by atoms with Crippen molar-refractivity contribution in [2.75, 3.05) is 0 Å². The Balaban J connectivity index is 2.81. The molecule has 12 heavy (non-hydrogen) atoms. The van der Waals surface area contributed by atoms with Gasteiger partial charge in [-0.3, -0.25) is 0 Å². The van der Waals surface area contributed by atoms with Crippen LogP contribution >= 0.6 is 0 Å². The molecule has 0 spiro atoms. The van der Waals surface area contributed by atoms with Crippen LogP contribution in [0.2, 0.25) is 0 Å². The second-order valence-electron chi connectivity index (χ2n) is 2.98. The molecule has 0 aliphatic carbocycles. The van der Waals surface area contributed by atoms with Crippen LogP contribution in [0.1, 0.15) is 5.56 Å². The molecule has 1 aromatic heterocycles. The number of hydrogen-bond acceptors (Lipinski definition) is 1. The number of nitrogens with two attached hydrogens (primary N) is 1. The van der Waals surface area contributed by atoms with Crippen LogP contribution in [0.3, 0.4) is 0 Å². The fraction of sp³-hybridized carbons (Fsp3) is 0.200. The average molecular weight is 160 g/mol. The van der Waals surface area contributed by atoms with Crippen molar-refractivity contribution in [2.24, 2.45) is 12.8 Å². The zero-order valence-corrected chi connectivity index (χ0v) is 7.12. The molecule has 1 heterocycles. The van der Waals surface area contributed by atoms with Crippen molar-refractivity contribution in [2.45, 2.75) is 6.54 Å². The van der Waals surface area contributed by atoms with Gasteiger partial charge in [0.1, 0.15) is 0 Å². The Morgan fingerprint density at radius 3 is 2.92 bits per heavy atom. The third-order valence-corrected chi connectivity index (χ3v) is 2.24. The van der Waals surface area contributed by atoms with Gasteiger partial charge in [-0.15, -0.1) is 0 Å². The van der Waals surface area contributed by atoms with Crippen molar-refractivity contribution in [3.05, 3.63) is 36.0 Å². The number of nitrogens with zero attached hydrogens (tertiary/aromatic N) is 1. The van der Waals surface area contributed by atoms with Gasteiger partial charge in [0.2, 0.25) is 0 Å². The molecule has 62 valence electrons. The van der Waals surface area contributed by atoms with E-state index in [2.05, 4.69) is 29.0 Å². The molecule has 0 fully saturated rings. The molecule has 0 aliphatic rings. The highest BCUT2D eigenvalue weighted by Crippen LogP contribution is 2.18. The summed E-state index contributed by atoms with van der Waals surface area (Å²) in [7, 11) is 2.04. The molecule has 2 heteroatoms. The lowest BCUT2D eigenvalue weighted by atomic mass is 10.1. The van der Waals surface area contributed by atoms with E-state index in [9.17, 15) is 0 Å². The van der Waals surface area contributed by atoms with Crippen molar-refractivity contribution in [1.29, 1.82) is 0 Å². The van der Waals surface area contributed by atoms with E-state index >= 15 is 0 Å². The van der Waals surface area contributed by atoms with Crippen molar-refractivity contribution in [1.82, 2.24) is 4.57 Å². The molecular formula is C10H12N2. The van der Waals surface area contributed by atoms with E-state index in [0.29, 0.717) is 6.54 Å². The van der Waals surface area contributed by atoms with Gasteiger partial charge in [-0.2, -0.15) is 0 Å². The Morgan fingerprint density at radius 2 is 2.17 bits per heavy atom. The summed E-state index contributed by atoms with van der Waals surface area (Å²) in [5, 5.41) is 1.27. The summed E-state index contributed by atoms with van der Waals surface area (Å²) >= 11 is 0. The average Bonchev–Trinajstić information content (AvgIpc) is 2.48. The normalized spacial score (nSPS) is 10.8. The van der Waals surface area contributed by atoms with Crippen LogP contribution < -0.4 is 5.73 Å². The smallest absolute Gasteiger partial charge is 0.0480 e. The van der Waals surface area contributed by atoms with E-state index < -0.39 is 0 Å². The molecule has 0 atom stereocenters. The first kappa shape index (κ1) is 7.37. The Bertz CT molecular complexity index is 401. The minimum absolute atomic E-state index is 0.612. The molecule has 0 bridgehead atoms. The molecule has 2 nitrogen and oxygen atoms in total. The number of aryl methyl sites for hydroxylation is 1. The second kappa shape index (κ2) is 2.64. The maximum absolute atomic E-state index is 5.62. The van der Waals surface area contributed by atoms with E-state index in [0.717, 1.165) is 0 Å². The van der Waals surface area contributed by atoms with E-state index in [1.54, 1.807) is 0 Å². The summed E-state index contributed by atoms with van der Waals surface area (Å²) in [6.07, 6.45) is 2.06. The second-order valence-corrected chi connectivity index (χ2v) is 2.98. The molecule has 2 N–H and O–H groups in total. The standard InChI is InChI=1S/C10H12N2/c1-12-6-5-9-8(7-11)3-2-4-10(9)12/h2-6H,7,11H2,1H3. The van der Waals surface area contributed by atoms with Gasteiger partial charge in [-0.25, -0.2) is 0 Å². The zero-order chi connectivity index (χ0) is 8.55. The highest BCUT2D eigenvalue weighted by Gasteiger charge is 2.00. The van der Waals surface area contributed by atoms with Crippen LogP contribution in [0.15, 0.2) is 30.5 Å². The summed E-state index contributed by atoms with van der Waals surface area (Å²) in [5.41, 5.74) is 8.08. The SMILES string of the molecule is Cn1ccc2c(CN)cccc21. The number of rotatable bonds is 1. The third-order valence-electron chi connectivity index (χ3n) is 2.24. The Morgan fingerprint density at radius 1 is 1.33 bits per heavy atom. The summed E-state index contributed by atoms with van der Waals surface area (Å²) in [6, 6.07) is 8.33. The number of fused-ring (bicyclic) bond motifs is 1. The summed E-state index contributed by atoms with van der Waals surface area (Å²) in [5.74, 6) is 0. The van der Waals surface area contributed by atoms with Gasteiger partial charge in [0.25, 0.3) is 0 Å². The van der Waals surface area contributed by atoms with Crippen LogP contribution in [-0.2, 0) is 13.6 Å². The molecule has 0 saturated heterocycles. The molecule has 0 unspecified atom stereocenters. The fourth-order valence-corrected chi connectivity index (χ4v) is 1.54. The Hall–Kier alpha value is -1.28. The predicted molar refractivity (Wildman–Crippen MR) is 50.8 cm³/mol. The highest BCUT2D eigenvalue weighted by atomic mass is 14.9. The fourth-order valence-electron chi connectivity index (χ4n) is 1.54. The summed E-state index contributed by atoms with van der Waals surface area (Å²) < 4.78 is 2.11. The molecule has 0 radical (unpaired) electrons. The summed E-state index contributed by atoms with van der Waals surface area (Å²) in [4.78, 5) is 0. The monoisotopic (exact) mass is 160 g/mol. The molecule has 2 rings (SSSR count). The van der Waals surface area contributed by atoms with Crippen molar-refractivity contribution < 1.29 is 0 Å². The maximum Gasteiger partial charge on any atom is 0.0480 e. The number of benzene rings is 1. The van der Waals surface area contributed by atoms with Crippen LogP contribution in [0.25, 0.3) is 10.9 Å². The minimum Gasteiger partial charge on any atom is -0.351 e. The molecule has 1 aromatic carbocycles. The topological polar surface area (TPSA) is 30.9 Å². The number of hydrogen-bond donors (Lipinski definition) is 1. The first-order chi connectivity index (χ1) is 5.83. The van der Waals surface area contributed by atoms with Gasteiger partial charge in [0.15, 0.2) is 0 Å². The first-order valence-corrected chi connectivity index (χ1v) is 4.06. The molecular weight excluding hydrogens is 148 g/mol. The molecule has 0 saturated carbocycles. The van der Waals surface area contributed by atoms with Crippen LogP contribution in [0, 0.1) is 0 Å². The maximum atomic E-state index is 5.62. The van der Waals surface area contributed by atoms with Gasteiger partial charge in [-0.05, 0) is 17.7 Å². The lowest BCUT2D eigenvalue weighted by Gasteiger charge is -1.99. The Labute approximate surface area is 71.6 Å². The van der Waals surface area contributed by atoms with Gasteiger partial charge >= 0.3 is 0 Å². The van der Waals surface area contributed by atoms with Gasteiger partial charge < -0.3 is 10.3 Å². The largest absolute Gasteiger partial charge is 0.351 e. The highest BCUT2D eigenvalue weighted by molar-refractivity contribution is 5.83. The van der Waals surface area contributed by atoms with Crippen molar-refractivity contribution in [3.8, 4) is 0 Å². The third kappa shape index (κ3) is 0.924. The molecule has 0 aliphatic heterocycles. The predicted octanol–water partition coefficient (Wildman–Crippen LogP) is 1.64. The molecule has 2 aromatic rings. The van der Waals surface area contributed by atoms with E-state index in [1.807, 2.05) is 13.1 Å². The van der Waals surface area contributed by atoms with Gasteiger partial charge in [0, 0.05) is 30.7 Å². The Kier molecular flexibility index (Phi) is 1.62.